The van der Waals surface area contributed by atoms with Crippen molar-refractivity contribution in [3.05, 3.63) is 28.1 Å². The van der Waals surface area contributed by atoms with E-state index in [1.54, 1.807) is 11.3 Å². The minimum absolute atomic E-state index is 0.783. The van der Waals surface area contributed by atoms with E-state index in [-0.39, 0.29) is 0 Å². The molecule has 0 aliphatic rings. The SMILES string of the molecule is Cc1[nH]nc2sc(-c3ccsc3C=O)cc12. The van der Waals surface area contributed by atoms with Crippen molar-refractivity contribution >= 4 is 39.2 Å². The first-order valence-corrected chi connectivity index (χ1v) is 6.47. The molecule has 0 atom stereocenters. The molecule has 0 bridgehead atoms. The van der Waals surface area contributed by atoms with Gasteiger partial charge in [0.05, 0.1) is 4.88 Å². The molecular weight excluding hydrogens is 240 g/mol. The summed E-state index contributed by atoms with van der Waals surface area (Å²) in [5.41, 5.74) is 2.09. The van der Waals surface area contributed by atoms with Gasteiger partial charge in [-0.05, 0) is 24.4 Å². The lowest BCUT2D eigenvalue weighted by Gasteiger charge is -1.92. The summed E-state index contributed by atoms with van der Waals surface area (Å²) in [6.07, 6.45) is 0.913. The molecule has 3 heterocycles. The molecular formula is C11H8N2OS2. The van der Waals surface area contributed by atoms with Crippen molar-refractivity contribution in [3.8, 4) is 10.4 Å². The molecule has 3 nitrogen and oxygen atoms in total. The van der Waals surface area contributed by atoms with E-state index in [4.69, 9.17) is 0 Å². The molecule has 80 valence electrons. The Morgan fingerprint density at radius 2 is 2.38 bits per heavy atom. The summed E-state index contributed by atoms with van der Waals surface area (Å²) >= 11 is 3.08. The zero-order valence-electron chi connectivity index (χ0n) is 8.48. The predicted octanol–water partition coefficient (Wildman–Crippen LogP) is 3.47. The maximum Gasteiger partial charge on any atom is 0.160 e. The van der Waals surface area contributed by atoms with Gasteiger partial charge in [0.1, 0.15) is 4.83 Å². The fraction of sp³-hybridized carbons (Fsp3) is 0.0909. The fourth-order valence-corrected chi connectivity index (χ4v) is 3.54. The Morgan fingerprint density at radius 3 is 3.12 bits per heavy atom. The van der Waals surface area contributed by atoms with Gasteiger partial charge in [0.25, 0.3) is 0 Å². The number of hydrogen-bond acceptors (Lipinski definition) is 4. The van der Waals surface area contributed by atoms with Crippen molar-refractivity contribution in [1.82, 2.24) is 10.2 Å². The van der Waals surface area contributed by atoms with Crippen molar-refractivity contribution < 1.29 is 4.79 Å². The highest BCUT2D eigenvalue weighted by atomic mass is 32.1. The Morgan fingerprint density at radius 1 is 1.50 bits per heavy atom. The van der Waals surface area contributed by atoms with E-state index in [0.717, 1.165) is 37.5 Å². The lowest BCUT2D eigenvalue weighted by atomic mass is 10.2. The van der Waals surface area contributed by atoms with Crippen LogP contribution in [-0.2, 0) is 0 Å². The molecule has 0 saturated heterocycles. The highest BCUT2D eigenvalue weighted by molar-refractivity contribution is 7.22. The lowest BCUT2D eigenvalue weighted by molar-refractivity contribution is 0.112. The maximum atomic E-state index is 10.9. The van der Waals surface area contributed by atoms with Crippen LogP contribution in [0.3, 0.4) is 0 Å². The van der Waals surface area contributed by atoms with Gasteiger partial charge in [-0.15, -0.1) is 22.7 Å². The Labute approximate surface area is 99.7 Å². The van der Waals surface area contributed by atoms with Gasteiger partial charge in [-0.25, -0.2) is 0 Å². The highest BCUT2D eigenvalue weighted by Crippen LogP contribution is 2.36. The second kappa shape index (κ2) is 3.54. The van der Waals surface area contributed by atoms with Gasteiger partial charge < -0.3 is 0 Å². The highest BCUT2D eigenvalue weighted by Gasteiger charge is 2.12. The zero-order chi connectivity index (χ0) is 11.1. The van der Waals surface area contributed by atoms with Crippen molar-refractivity contribution in [2.75, 3.05) is 0 Å². The van der Waals surface area contributed by atoms with Crippen molar-refractivity contribution in [1.29, 1.82) is 0 Å². The Balaban J connectivity index is 2.22. The quantitative estimate of drug-likeness (QED) is 0.706. The standard InChI is InChI=1S/C11H8N2OS2/c1-6-8-4-9(16-11(8)13-12-6)7-2-3-15-10(7)5-14/h2-5H,1H3,(H,12,13). The maximum absolute atomic E-state index is 10.9. The summed E-state index contributed by atoms with van der Waals surface area (Å²) in [4.78, 5) is 13.8. The van der Waals surface area contributed by atoms with Crippen LogP contribution in [0.15, 0.2) is 17.5 Å². The molecule has 0 amide bonds. The number of carbonyl (C=O) groups excluding carboxylic acids is 1. The summed E-state index contributed by atoms with van der Waals surface area (Å²) in [6.45, 7) is 2.00. The molecule has 0 aromatic carbocycles. The molecule has 16 heavy (non-hydrogen) atoms. The van der Waals surface area contributed by atoms with E-state index in [0.29, 0.717) is 0 Å². The van der Waals surface area contributed by atoms with E-state index < -0.39 is 0 Å². The molecule has 0 spiro atoms. The summed E-state index contributed by atoms with van der Waals surface area (Å²) in [6, 6.07) is 4.08. The Kier molecular flexibility index (Phi) is 2.15. The Bertz CT molecular complexity index is 662. The molecule has 0 aliphatic heterocycles. The zero-order valence-corrected chi connectivity index (χ0v) is 10.1. The third-order valence-corrected chi connectivity index (χ3v) is 4.41. The van der Waals surface area contributed by atoms with E-state index >= 15 is 0 Å². The van der Waals surface area contributed by atoms with Crippen LogP contribution in [0.4, 0.5) is 0 Å². The topological polar surface area (TPSA) is 45.8 Å². The largest absolute Gasteiger partial charge is 0.297 e. The molecule has 0 saturated carbocycles. The molecule has 5 heteroatoms. The summed E-state index contributed by atoms with van der Waals surface area (Å²) < 4.78 is 0. The first-order chi connectivity index (χ1) is 7.79. The van der Waals surface area contributed by atoms with Crippen LogP contribution >= 0.6 is 22.7 Å². The Hall–Kier alpha value is -1.46. The predicted molar refractivity (Wildman–Crippen MR) is 67.4 cm³/mol. The number of thiophene rings is 2. The van der Waals surface area contributed by atoms with Crippen LogP contribution in [0.1, 0.15) is 15.4 Å². The van der Waals surface area contributed by atoms with Crippen LogP contribution < -0.4 is 0 Å². The average Bonchev–Trinajstić information content (AvgIpc) is 2.95. The van der Waals surface area contributed by atoms with Gasteiger partial charge in [-0.3, -0.25) is 9.89 Å². The number of hydrogen-bond donors (Lipinski definition) is 1. The van der Waals surface area contributed by atoms with Crippen LogP contribution in [0.2, 0.25) is 0 Å². The number of fused-ring (bicyclic) bond motifs is 1. The van der Waals surface area contributed by atoms with Gasteiger partial charge >= 0.3 is 0 Å². The molecule has 3 aromatic rings. The summed E-state index contributed by atoms with van der Waals surface area (Å²) in [5.74, 6) is 0. The smallest absolute Gasteiger partial charge is 0.160 e. The molecule has 0 unspecified atom stereocenters. The average molecular weight is 248 g/mol. The minimum Gasteiger partial charge on any atom is -0.297 e. The van der Waals surface area contributed by atoms with E-state index in [1.807, 2.05) is 18.4 Å². The van der Waals surface area contributed by atoms with Crippen molar-refractivity contribution in [2.45, 2.75) is 6.92 Å². The van der Waals surface area contributed by atoms with Crippen molar-refractivity contribution in [3.63, 3.8) is 0 Å². The van der Waals surface area contributed by atoms with Crippen molar-refractivity contribution in [2.24, 2.45) is 0 Å². The van der Waals surface area contributed by atoms with Crippen LogP contribution in [0.5, 0.6) is 0 Å². The van der Waals surface area contributed by atoms with Crippen LogP contribution in [0, 0.1) is 6.92 Å². The van der Waals surface area contributed by atoms with Gasteiger partial charge in [0, 0.05) is 21.5 Å². The first kappa shape index (κ1) is 9.74. The number of H-pyrrole nitrogens is 1. The van der Waals surface area contributed by atoms with Gasteiger partial charge in [-0.2, -0.15) is 5.10 Å². The van der Waals surface area contributed by atoms with E-state index in [9.17, 15) is 4.79 Å². The molecule has 0 fully saturated rings. The molecule has 0 radical (unpaired) electrons. The number of aromatic amines is 1. The normalized spacial score (nSPS) is 11.1. The molecule has 1 N–H and O–H groups in total. The number of nitrogens with one attached hydrogen (secondary N) is 1. The second-order valence-electron chi connectivity index (χ2n) is 3.49. The van der Waals surface area contributed by atoms with E-state index in [1.165, 1.54) is 11.3 Å². The third kappa shape index (κ3) is 1.32. The number of aldehydes is 1. The monoisotopic (exact) mass is 248 g/mol. The number of carbonyl (C=O) groups is 1. The molecule has 0 aliphatic carbocycles. The minimum atomic E-state index is 0.783. The fourth-order valence-electron chi connectivity index (χ4n) is 1.68. The summed E-state index contributed by atoms with van der Waals surface area (Å²) in [5, 5.41) is 10.2. The van der Waals surface area contributed by atoms with Crippen LogP contribution in [-0.4, -0.2) is 16.5 Å². The number of nitrogens with zero attached hydrogens (tertiary/aromatic N) is 1. The number of rotatable bonds is 2. The van der Waals surface area contributed by atoms with Gasteiger partial charge in [-0.1, -0.05) is 0 Å². The first-order valence-electron chi connectivity index (χ1n) is 4.77. The van der Waals surface area contributed by atoms with E-state index in [2.05, 4.69) is 16.3 Å². The lowest BCUT2D eigenvalue weighted by Crippen LogP contribution is -1.76. The molecule has 3 aromatic heterocycles. The third-order valence-electron chi connectivity index (χ3n) is 2.51. The number of aryl methyl sites for hydroxylation is 1. The summed E-state index contributed by atoms with van der Waals surface area (Å²) in [7, 11) is 0. The van der Waals surface area contributed by atoms with Gasteiger partial charge in [0.15, 0.2) is 6.29 Å². The van der Waals surface area contributed by atoms with Crippen LogP contribution in [0.25, 0.3) is 20.7 Å². The number of aromatic nitrogens is 2. The second-order valence-corrected chi connectivity index (χ2v) is 5.47. The van der Waals surface area contributed by atoms with Gasteiger partial charge in [0.2, 0.25) is 0 Å². The molecule has 3 rings (SSSR count).